The summed E-state index contributed by atoms with van der Waals surface area (Å²) in [6, 6.07) is 10.1. The molecule has 0 saturated carbocycles. The quantitative estimate of drug-likeness (QED) is 0.276. The molecule has 4 aromatic rings. The molecule has 2 aliphatic rings. The molecule has 0 unspecified atom stereocenters. The van der Waals surface area contributed by atoms with Crippen molar-refractivity contribution >= 4 is 17.0 Å². The first-order valence-corrected chi connectivity index (χ1v) is 14.4. The van der Waals surface area contributed by atoms with Crippen LogP contribution < -0.4 is 9.47 Å². The number of nitriles is 1. The monoisotopic (exact) mass is 604 g/mol. The standard InChI is InChI=1S/C31H30F2N6O5/c1-18-10-21(44-29-4-7-35-27(36-29)17-43-26-3-2-19(14-34)11-23(26)32)5-8-38(18)16-28-37-30-24(33)12-20(31(40)41)13-25(30)39(28)15-22-6-9-42-22/h2-4,7,11-13,18,21-22H,5-6,8-10,15-17H2,1H3,(H,40,41)/t18-,21-,22-/m0/s1. The smallest absolute Gasteiger partial charge is 0.335 e. The van der Waals surface area contributed by atoms with Crippen molar-refractivity contribution in [3.8, 4) is 17.7 Å². The molecule has 0 aliphatic carbocycles. The van der Waals surface area contributed by atoms with Crippen LogP contribution in [0.25, 0.3) is 11.0 Å². The number of rotatable bonds is 10. The number of hydrogen-bond acceptors (Lipinski definition) is 9. The van der Waals surface area contributed by atoms with Crippen LogP contribution in [0.3, 0.4) is 0 Å². The fourth-order valence-electron chi connectivity index (χ4n) is 5.53. The molecule has 6 rings (SSSR count). The summed E-state index contributed by atoms with van der Waals surface area (Å²) in [5.41, 5.74) is 0.682. The van der Waals surface area contributed by atoms with Crippen molar-refractivity contribution in [3.05, 3.63) is 77.0 Å². The topological polar surface area (TPSA) is 136 Å². The minimum atomic E-state index is -1.20. The van der Waals surface area contributed by atoms with E-state index in [1.807, 2.05) is 10.6 Å². The van der Waals surface area contributed by atoms with Gasteiger partial charge in [-0.15, -0.1) is 0 Å². The second-order valence-corrected chi connectivity index (χ2v) is 11.0. The number of piperidine rings is 1. The average molecular weight is 605 g/mol. The van der Waals surface area contributed by atoms with E-state index in [1.54, 1.807) is 12.3 Å². The third kappa shape index (κ3) is 6.31. The van der Waals surface area contributed by atoms with Gasteiger partial charge in [0, 0.05) is 31.5 Å². The predicted molar refractivity (Wildman–Crippen MR) is 152 cm³/mol. The van der Waals surface area contributed by atoms with Crippen molar-refractivity contribution in [2.24, 2.45) is 0 Å². The number of carboxylic acids is 1. The Balaban J connectivity index is 1.10. The maximum atomic E-state index is 14.9. The molecule has 11 nitrogen and oxygen atoms in total. The molecule has 13 heteroatoms. The highest BCUT2D eigenvalue weighted by atomic mass is 19.1. The van der Waals surface area contributed by atoms with Gasteiger partial charge >= 0.3 is 5.97 Å². The van der Waals surface area contributed by atoms with Gasteiger partial charge in [0.25, 0.3) is 0 Å². The number of carbonyl (C=O) groups is 1. The lowest BCUT2D eigenvalue weighted by Gasteiger charge is -2.37. The van der Waals surface area contributed by atoms with E-state index in [0.29, 0.717) is 62.1 Å². The number of ether oxygens (including phenoxy) is 3. The van der Waals surface area contributed by atoms with Crippen LogP contribution in [0.2, 0.25) is 0 Å². The van der Waals surface area contributed by atoms with Crippen molar-refractivity contribution in [1.82, 2.24) is 24.4 Å². The second kappa shape index (κ2) is 12.5. The van der Waals surface area contributed by atoms with E-state index in [-0.39, 0.29) is 47.2 Å². The maximum Gasteiger partial charge on any atom is 0.335 e. The van der Waals surface area contributed by atoms with Gasteiger partial charge in [-0.1, -0.05) is 0 Å². The van der Waals surface area contributed by atoms with Crippen molar-refractivity contribution in [3.63, 3.8) is 0 Å². The lowest BCUT2D eigenvalue weighted by molar-refractivity contribution is -0.0593. The zero-order valence-electron chi connectivity index (χ0n) is 23.9. The summed E-state index contributed by atoms with van der Waals surface area (Å²) >= 11 is 0. The van der Waals surface area contributed by atoms with Crippen LogP contribution in [-0.4, -0.2) is 66.9 Å². The number of likely N-dealkylation sites (tertiary alicyclic amines) is 1. The predicted octanol–water partition coefficient (Wildman–Crippen LogP) is 4.47. The Morgan fingerprint density at radius 2 is 2.02 bits per heavy atom. The van der Waals surface area contributed by atoms with Gasteiger partial charge in [0.05, 0.1) is 41.9 Å². The van der Waals surface area contributed by atoms with E-state index in [4.69, 9.17) is 19.5 Å². The van der Waals surface area contributed by atoms with Crippen LogP contribution in [0.15, 0.2) is 42.6 Å². The summed E-state index contributed by atoms with van der Waals surface area (Å²) in [5, 5.41) is 18.4. The maximum absolute atomic E-state index is 14.9. The van der Waals surface area contributed by atoms with Gasteiger partial charge in [0.1, 0.15) is 24.1 Å². The number of aromatic nitrogens is 4. The molecule has 0 bridgehead atoms. The summed E-state index contributed by atoms with van der Waals surface area (Å²) in [4.78, 5) is 27.0. The van der Waals surface area contributed by atoms with Gasteiger partial charge in [0.15, 0.2) is 23.2 Å². The molecule has 44 heavy (non-hydrogen) atoms. The molecular formula is C31H30F2N6O5. The number of benzene rings is 2. The minimum absolute atomic E-state index is 0.000996. The first-order valence-electron chi connectivity index (χ1n) is 14.4. The van der Waals surface area contributed by atoms with Crippen LogP contribution in [-0.2, 0) is 24.4 Å². The summed E-state index contributed by atoms with van der Waals surface area (Å²) in [6.45, 7) is 4.31. The highest BCUT2D eigenvalue weighted by Crippen LogP contribution is 2.28. The summed E-state index contributed by atoms with van der Waals surface area (Å²) in [5.74, 6) is -1.13. The molecule has 4 heterocycles. The van der Waals surface area contributed by atoms with Crippen molar-refractivity contribution < 1.29 is 32.9 Å². The van der Waals surface area contributed by atoms with Gasteiger partial charge in [0.2, 0.25) is 5.88 Å². The largest absolute Gasteiger partial charge is 0.483 e. The normalized spacial score (nSPS) is 20.2. The van der Waals surface area contributed by atoms with Gasteiger partial charge in [-0.3, -0.25) is 4.90 Å². The Morgan fingerprint density at radius 3 is 2.73 bits per heavy atom. The van der Waals surface area contributed by atoms with E-state index in [2.05, 4.69) is 26.8 Å². The highest BCUT2D eigenvalue weighted by Gasteiger charge is 2.30. The van der Waals surface area contributed by atoms with E-state index < -0.39 is 17.6 Å². The molecule has 228 valence electrons. The molecule has 1 N–H and O–H groups in total. The first-order chi connectivity index (χ1) is 21.3. The highest BCUT2D eigenvalue weighted by molar-refractivity contribution is 5.92. The minimum Gasteiger partial charge on any atom is -0.483 e. The fourth-order valence-corrected chi connectivity index (χ4v) is 5.53. The Hall–Kier alpha value is -4.67. The summed E-state index contributed by atoms with van der Waals surface area (Å²) in [6.07, 6.45) is 3.71. The third-order valence-corrected chi connectivity index (χ3v) is 8.01. The molecule has 0 amide bonds. The third-order valence-electron chi connectivity index (χ3n) is 8.01. The first kappa shape index (κ1) is 29.4. The number of nitrogens with zero attached hydrogens (tertiary/aromatic N) is 6. The molecular weight excluding hydrogens is 574 g/mol. The lowest BCUT2D eigenvalue weighted by Crippen LogP contribution is -2.44. The number of carboxylic acid groups (broad SMARTS) is 1. The zero-order valence-corrected chi connectivity index (χ0v) is 23.9. The van der Waals surface area contributed by atoms with Crippen LogP contribution in [0.5, 0.6) is 11.6 Å². The molecule has 2 saturated heterocycles. The molecule has 2 fully saturated rings. The van der Waals surface area contributed by atoms with Crippen LogP contribution in [0, 0.1) is 23.0 Å². The molecule has 2 aromatic heterocycles. The van der Waals surface area contributed by atoms with E-state index in [9.17, 15) is 18.7 Å². The van der Waals surface area contributed by atoms with Crippen LogP contribution in [0.1, 0.15) is 53.8 Å². The number of hydrogen-bond donors (Lipinski definition) is 1. The van der Waals surface area contributed by atoms with Crippen molar-refractivity contribution in [2.45, 2.75) is 64.1 Å². The Bertz CT molecular complexity index is 1740. The van der Waals surface area contributed by atoms with Crippen molar-refractivity contribution in [2.75, 3.05) is 13.2 Å². The summed E-state index contributed by atoms with van der Waals surface area (Å²) < 4.78 is 48.3. The van der Waals surface area contributed by atoms with Gasteiger partial charge < -0.3 is 23.9 Å². The average Bonchev–Trinajstić information content (AvgIpc) is 3.33. The van der Waals surface area contributed by atoms with E-state index >= 15 is 0 Å². The Morgan fingerprint density at radius 1 is 1.18 bits per heavy atom. The van der Waals surface area contributed by atoms with E-state index in [0.717, 1.165) is 18.6 Å². The zero-order chi connectivity index (χ0) is 30.8. The van der Waals surface area contributed by atoms with Gasteiger partial charge in [-0.25, -0.2) is 23.5 Å². The second-order valence-electron chi connectivity index (χ2n) is 11.0. The number of imidazole rings is 1. The summed E-state index contributed by atoms with van der Waals surface area (Å²) in [7, 11) is 0. The van der Waals surface area contributed by atoms with E-state index in [1.165, 1.54) is 18.2 Å². The number of fused-ring (bicyclic) bond motifs is 1. The van der Waals surface area contributed by atoms with Crippen LogP contribution >= 0.6 is 0 Å². The molecule has 3 atom stereocenters. The lowest BCUT2D eigenvalue weighted by atomic mass is 10.0. The van der Waals surface area contributed by atoms with Gasteiger partial charge in [-0.2, -0.15) is 10.2 Å². The molecule has 2 aliphatic heterocycles. The number of aromatic carboxylic acids is 1. The molecule has 0 spiro atoms. The molecule has 2 aromatic carbocycles. The Kier molecular flexibility index (Phi) is 8.36. The SMILES string of the molecule is C[C@H]1C[C@@H](Oc2ccnc(COc3ccc(C#N)cc3F)n2)CCN1Cc1nc2c(F)cc(C(=O)O)cc2n1C[C@@H]1CCO1. The van der Waals surface area contributed by atoms with Crippen molar-refractivity contribution in [1.29, 1.82) is 5.26 Å². The molecule has 0 radical (unpaired) electrons. The number of halogens is 2. The van der Waals surface area contributed by atoms with Gasteiger partial charge in [-0.05, 0) is 56.5 Å². The Labute approximate surface area is 251 Å². The fraction of sp³-hybridized carbons (Fsp3) is 0.387. The van der Waals surface area contributed by atoms with Crippen LogP contribution in [0.4, 0.5) is 8.78 Å².